The molecule has 3 aromatic heterocycles. The Morgan fingerprint density at radius 1 is 0.591 bits per heavy atom. The largest absolute Gasteiger partial charge is 0.512 e. The first kappa shape index (κ1) is 61.8. The molecule has 0 unspecified atom stereocenters. The van der Waals surface area contributed by atoms with Crippen molar-refractivity contribution in [3.63, 3.8) is 0 Å². The van der Waals surface area contributed by atoms with Gasteiger partial charge in [-0.05, 0) is 164 Å². The van der Waals surface area contributed by atoms with E-state index in [4.69, 9.17) is 10.1 Å². The second kappa shape index (κ2) is 27.3. The fraction of sp³-hybridized carbons (Fsp3) is 0.291. The van der Waals surface area contributed by atoms with E-state index in [0.29, 0.717) is 23.9 Å². The van der Waals surface area contributed by atoms with Crippen LogP contribution in [0.3, 0.4) is 0 Å². The number of carbonyl (C=O) groups is 1. The number of aliphatic hydroxyl groups is 1. The summed E-state index contributed by atoms with van der Waals surface area (Å²) < 4.78 is 47.5. The zero-order chi connectivity index (χ0) is 60.2. The monoisotopic (exact) mass is 1350 g/mol. The third-order valence-corrected chi connectivity index (χ3v) is 19.2. The van der Waals surface area contributed by atoms with Gasteiger partial charge in [0.25, 0.3) is 0 Å². The second-order valence-electron chi connectivity index (χ2n) is 24.6. The SMILES string of the molecule is CC(=O)C=C(C)O.CCCC1CCC(c2cc(F)c(F)c3c2C[n+]2ccccc2-3)CC1.CCCC1CCC(c2ccc(F)c3c2C[n+]2ccccc2-3)CC1.[Ir].[c-]1ccc2c(c1-c1ccccn1)-c1ccccc1C21c2ccccc2C=Cc2ccccc21. The molecule has 6 aromatic carbocycles. The number of nitrogens with zero attached hydrogens (tertiary/aromatic N) is 3. The van der Waals surface area contributed by atoms with E-state index in [9.17, 15) is 18.0 Å². The topological polar surface area (TPSA) is 58.0 Å². The van der Waals surface area contributed by atoms with E-state index in [1.165, 1.54) is 146 Å². The van der Waals surface area contributed by atoms with Crippen LogP contribution in [0, 0.1) is 35.4 Å². The fourth-order valence-electron chi connectivity index (χ4n) is 15.5. The summed E-state index contributed by atoms with van der Waals surface area (Å²) in [5.41, 5.74) is 19.7. The number of aromatic nitrogens is 3. The maximum absolute atomic E-state index is 14.5. The number of allylic oxidation sites excluding steroid dienone is 2. The maximum Gasteiger partial charge on any atom is 0.216 e. The molecule has 2 aliphatic heterocycles. The Labute approximate surface area is 531 Å². The summed E-state index contributed by atoms with van der Waals surface area (Å²) in [4.78, 5) is 14.7. The number of carbonyl (C=O) groups excluding carboxylic acids is 1. The third-order valence-electron chi connectivity index (χ3n) is 19.2. The molecule has 9 heteroatoms. The van der Waals surface area contributed by atoms with Gasteiger partial charge < -0.3 is 10.1 Å². The first-order valence-corrected chi connectivity index (χ1v) is 31.6. The zero-order valence-electron chi connectivity index (χ0n) is 50.8. The van der Waals surface area contributed by atoms with Crippen molar-refractivity contribution in [1.82, 2.24) is 4.98 Å². The minimum Gasteiger partial charge on any atom is -0.512 e. The van der Waals surface area contributed by atoms with Crippen LogP contribution < -0.4 is 9.13 Å². The molecule has 5 heterocycles. The van der Waals surface area contributed by atoms with Gasteiger partial charge in [-0.3, -0.25) is 4.79 Å². The van der Waals surface area contributed by atoms with Gasteiger partial charge in [-0.25, -0.2) is 13.2 Å². The molecular weight excluding hydrogens is 1270 g/mol. The number of rotatable bonds is 8. The van der Waals surface area contributed by atoms with Gasteiger partial charge in [0, 0.05) is 67.8 Å². The predicted octanol–water partition coefficient (Wildman–Crippen LogP) is 19.0. The van der Waals surface area contributed by atoms with Gasteiger partial charge in [-0.2, -0.15) is 9.13 Å². The number of aliphatic hydroxyl groups excluding tert-OH is 1. The van der Waals surface area contributed by atoms with Crippen molar-refractivity contribution < 1.29 is 52.3 Å². The third kappa shape index (κ3) is 12.0. The quantitative estimate of drug-likeness (QED) is 0.0714. The molecule has 9 aromatic rings. The van der Waals surface area contributed by atoms with Crippen LogP contribution in [0.2, 0.25) is 0 Å². The molecule has 1 spiro atoms. The Morgan fingerprint density at radius 3 is 1.68 bits per heavy atom. The van der Waals surface area contributed by atoms with Gasteiger partial charge in [0.1, 0.15) is 5.82 Å². The Hall–Kier alpha value is -7.84. The Balaban J connectivity index is 0.000000131. The van der Waals surface area contributed by atoms with Gasteiger partial charge in [0.2, 0.25) is 11.4 Å². The molecule has 0 atom stereocenters. The first-order chi connectivity index (χ1) is 42.5. The van der Waals surface area contributed by atoms with Gasteiger partial charge in [0.05, 0.1) is 22.3 Å². The fourth-order valence-corrected chi connectivity index (χ4v) is 15.5. The molecular formula is C79H77F3IrN3O2+. The van der Waals surface area contributed by atoms with Crippen LogP contribution in [-0.2, 0) is 43.4 Å². The molecule has 449 valence electrons. The van der Waals surface area contributed by atoms with Gasteiger partial charge in [0.15, 0.2) is 42.9 Å². The van der Waals surface area contributed by atoms with Crippen LogP contribution in [0.25, 0.3) is 57.1 Å². The Kier molecular flexibility index (Phi) is 19.2. The Bertz CT molecular complexity index is 4010. The molecule has 15 rings (SSSR count). The summed E-state index contributed by atoms with van der Waals surface area (Å²) in [6, 6.07) is 57.5. The molecule has 2 fully saturated rings. The summed E-state index contributed by atoms with van der Waals surface area (Å²) in [7, 11) is 0. The summed E-state index contributed by atoms with van der Waals surface area (Å²) in [5, 5.41) is 8.36. The summed E-state index contributed by atoms with van der Waals surface area (Å²) in [6.45, 7) is 8.86. The number of ketones is 1. The minimum absolute atomic E-state index is 0. The van der Waals surface area contributed by atoms with E-state index >= 15 is 0 Å². The first-order valence-electron chi connectivity index (χ1n) is 31.6. The van der Waals surface area contributed by atoms with Crippen molar-refractivity contribution in [2.75, 3.05) is 0 Å². The van der Waals surface area contributed by atoms with Crippen LogP contribution in [-0.4, -0.2) is 15.9 Å². The van der Waals surface area contributed by atoms with E-state index in [2.05, 4.69) is 140 Å². The van der Waals surface area contributed by atoms with Crippen molar-refractivity contribution in [1.29, 1.82) is 0 Å². The molecule has 1 N–H and O–H groups in total. The molecule has 0 bridgehead atoms. The minimum atomic E-state index is -0.697. The Morgan fingerprint density at radius 2 is 1.12 bits per heavy atom. The molecule has 88 heavy (non-hydrogen) atoms. The zero-order valence-corrected chi connectivity index (χ0v) is 53.2. The normalized spacial score (nSPS) is 18.2. The summed E-state index contributed by atoms with van der Waals surface area (Å²) in [5.74, 6) is 1.20. The number of hydrogen-bond donors (Lipinski definition) is 1. The van der Waals surface area contributed by atoms with Gasteiger partial charge >= 0.3 is 0 Å². The van der Waals surface area contributed by atoms with Crippen LogP contribution in [0.4, 0.5) is 13.2 Å². The summed E-state index contributed by atoms with van der Waals surface area (Å²) >= 11 is 0. The van der Waals surface area contributed by atoms with Crippen molar-refractivity contribution in [3.05, 3.63) is 267 Å². The number of fused-ring (bicyclic) bond motifs is 15. The molecule has 1 radical (unpaired) electrons. The van der Waals surface area contributed by atoms with Crippen LogP contribution in [0.15, 0.2) is 188 Å². The molecule has 2 saturated carbocycles. The van der Waals surface area contributed by atoms with E-state index in [-0.39, 0.29) is 37.5 Å². The van der Waals surface area contributed by atoms with Crippen molar-refractivity contribution in [2.45, 2.75) is 135 Å². The smallest absolute Gasteiger partial charge is 0.216 e. The van der Waals surface area contributed by atoms with Crippen LogP contribution in [0.5, 0.6) is 0 Å². The number of halogens is 3. The van der Waals surface area contributed by atoms with Gasteiger partial charge in [-0.15, -0.1) is 29.3 Å². The maximum atomic E-state index is 14.5. The van der Waals surface area contributed by atoms with Crippen LogP contribution in [0.1, 0.15) is 172 Å². The molecule has 0 saturated heterocycles. The molecule has 6 aliphatic rings. The number of pyridine rings is 3. The summed E-state index contributed by atoms with van der Waals surface area (Å²) in [6.07, 6.45) is 26.6. The standard InChI is InChI=1S/C32H20N.C21H24F2N.C21H25FN.C5H8O2.Ir/c1-4-14-26-22(10-1)19-20-23-11-2-5-15-27(23)32(26)28-16-6-3-12-24(28)31-25(13-9-17-29(31)32)30-18-7-8-21-33-30;1-2-5-14-7-9-15(10-8-14)16-12-18(22)21(23)20-17(16)13-24-11-4-3-6-19(20)24;1-2-5-15-7-9-16(10-8-15)17-11-12-19(22)21-18(17)14-23-13-4-3-6-20(21)23;1-4(6)3-5(2)7;/h1-12,14-21H;3-4,6,11-12,14-15H,2,5,7-10,13H2,1H3;3-4,6,11-13,15-16H,2,5,7-10,14H2,1H3;3,6H,1-2H3;/q-1;2*+1;;. The van der Waals surface area contributed by atoms with Gasteiger partial charge in [-0.1, -0.05) is 154 Å². The van der Waals surface area contributed by atoms with Crippen LogP contribution >= 0.6 is 0 Å². The number of benzene rings is 6. The van der Waals surface area contributed by atoms with E-state index < -0.39 is 17.0 Å². The predicted molar refractivity (Wildman–Crippen MR) is 343 cm³/mol. The average Bonchev–Trinajstić information content (AvgIpc) is 1.57. The van der Waals surface area contributed by atoms with Crippen molar-refractivity contribution >= 4 is 17.9 Å². The average molecular weight is 1350 g/mol. The molecule has 0 amide bonds. The van der Waals surface area contributed by atoms with Crippen molar-refractivity contribution in [2.24, 2.45) is 11.8 Å². The number of hydrogen-bond acceptors (Lipinski definition) is 3. The van der Waals surface area contributed by atoms with E-state index in [0.717, 1.165) is 70.6 Å². The molecule has 4 aliphatic carbocycles. The second-order valence-corrected chi connectivity index (χ2v) is 24.6. The molecule has 5 nitrogen and oxygen atoms in total. The van der Waals surface area contributed by atoms with E-state index in [1.807, 2.05) is 65.5 Å². The van der Waals surface area contributed by atoms with E-state index in [1.54, 1.807) is 6.07 Å². The van der Waals surface area contributed by atoms with Crippen molar-refractivity contribution in [3.8, 4) is 44.9 Å².